The molecule has 3 aliphatic rings. The summed E-state index contributed by atoms with van der Waals surface area (Å²) in [5, 5.41) is 17.4. The van der Waals surface area contributed by atoms with Gasteiger partial charge in [-0.15, -0.1) is 0 Å². The van der Waals surface area contributed by atoms with Crippen molar-refractivity contribution in [3.63, 3.8) is 0 Å². The molecule has 0 spiro atoms. The molecule has 2 aromatic carbocycles. The van der Waals surface area contributed by atoms with E-state index in [2.05, 4.69) is 64.1 Å². The lowest BCUT2D eigenvalue weighted by Gasteiger charge is -2.30. The number of hydrogen-bond acceptors (Lipinski definition) is 6. The molecule has 1 aliphatic carbocycles. The van der Waals surface area contributed by atoms with E-state index in [1.54, 1.807) is 0 Å². The maximum atomic E-state index is 13.4. The summed E-state index contributed by atoms with van der Waals surface area (Å²) in [6.07, 6.45) is 3.61. The Morgan fingerprint density at radius 2 is 2.07 bits per heavy atom. The summed E-state index contributed by atoms with van der Waals surface area (Å²) < 4.78 is 11.0. The number of carbonyl (C=O) groups is 1. The predicted octanol–water partition coefficient (Wildman–Crippen LogP) is 3.52. The van der Waals surface area contributed by atoms with Gasteiger partial charge in [0, 0.05) is 56.1 Å². The van der Waals surface area contributed by atoms with Gasteiger partial charge in [-0.25, -0.2) is 4.98 Å². The quantitative estimate of drug-likeness (QED) is 0.292. The topological polar surface area (TPSA) is 96.6 Å². The van der Waals surface area contributed by atoms with Gasteiger partial charge in [0.05, 0.1) is 28.9 Å². The first-order valence-corrected chi connectivity index (χ1v) is 15.0. The van der Waals surface area contributed by atoms with Crippen LogP contribution in [0.25, 0.3) is 33.5 Å². The molecule has 1 amide bonds. The van der Waals surface area contributed by atoms with E-state index in [0.29, 0.717) is 25.5 Å². The van der Waals surface area contributed by atoms with E-state index < -0.39 is 6.23 Å². The number of aliphatic hydroxyl groups excluding tert-OH is 1. The van der Waals surface area contributed by atoms with Crippen LogP contribution in [0.5, 0.6) is 5.75 Å². The minimum atomic E-state index is -0.441. The summed E-state index contributed by atoms with van der Waals surface area (Å²) in [5.41, 5.74) is 5.97. The lowest BCUT2D eigenvalue weighted by molar-refractivity contribution is 0.0727. The maximum Gasteiger partial charge on any atom is 0.254 e. The Bertz CT molecular complexity index is 1620. The zero-order chi connectivity index (χ0) is 28.2. The van der Waals surface area contributed by atoms with Crippen LogP contribution in [0.3, 0.4) is 0 Å². The molecule has 2 unspecified atom stereocenters. The number of benzene rings is 2. The van der Waals surface area contributed by atoms with Crippen molar-refractivity contribution in [3.05, 3.63) is 47.5 Å². The molecule has 9 nitrogen and oxygen atoms in total. The van der Waals surface area contributed by atoms with Crippen molar-refractivity contribution in [2.24, 2.45) is 18.9 Å². The van der Waals surface area contributed by atoms with Crippen molar-refractivity contribution >= 4 is 27.8 Å². The average molecular weight is 557 g/mol. The number of likely N-dealkylation sites (N-methyl/N-ethyl adjacent to an activating group) is 1. The summed E-state index contributed by atoms with van der Waals surface area (Å²) in [6, 6.07) is 12.9. The lowest BCUT2D eigenvalue weighted by atomic mass is 9.97. The monoisotopic (exact) mass is 556 g/mol. The van der Waals surface area contributed by atoms with E-state index in [9.17, 15) is 9.90 Å². The molecule has 41 heavy (non-hydrogen) atoms. The van der Waals surface area contributed by atoms with Gasteiger partial charge in [0.2, 0.25) is 0 Å². The molecule has 2 fully saturated rings. The number of aromatic nitrogens is 3. The number of para-hydroxylation sites is 1. The summed E-state index contributed by atoms with van der Waals surface area (Å²) in [4.78, 5) is 20.5. The number of imidazole rings is 1. The minimum absolute atomic E-state index is 0.0945. The number of aryl methyl sites for hydroxylation is 1. The number of fused-ring (bicyclic) bond motifs is 3. The van der Waals surface area contributed by atoms with Gasteiger partial charge < -0.3 is 29.2 Å². The van der Waals surface area contributed by atoms with Gasteiger partial charge >= 0.3 is 0 Å². The predicted molar refractivity (Wildman–Crippen MR) is 160 cm³/mol. The normalized spacial score (nSPS) is 21.7. The Balaban J connectivity index is 1.27. The van der Waals surface area contributed by atoms with Crippen LogP contribution in [0.4, 0.5) is 0 Å². The van der Waals surface area contributed by atoms with E-state index in [1.165, 1.54) is 12.8 Å². The SMILES string of the molecule is CN[C@H](C)CN1CCc2cc3c(cc2C1=O)nc(-c1cc2cccc(OCC4CNC(O)C4)c2n1CC1CC1)n3C. The van der Waals surface area contributed by atoms with Crippen LogP contribution in [0.2, 0.25) is 0 Å². The second kappa shape index (κ2) is 10.5. The Hall–Kier alpha value is -3.40. The number of aliphatic hydroxyl groups is 1. The Labute approximate surface area is 240 Å². The van der Waals surface area contributed by atoms with Crippen LogP contribution in [0.15, 0.2) is 36.4 Å². The summed E-state index contributed by atoms with van der Waals surface area (Å²) >= 11 is 0. The molecule has 216 valence electrons. The molecular weight excluding hydrogens is 516 g/mol. The standard InChI is InChI=1S/C32H40N6O3/c1-19(33-2)16-37-10-9-22-12-26-25(14-24(22)32(37)40)35-31(36(26)3)27-13-23-5-4-6-28(30(23)38(27)17-20-7-8-20)41-18-21-11-29(39)34-15-21/h4-6,12-14,19-21,29,33-34,39H,7-11,15-18H2,1-3H3/t19-,21?,29?/m1/s1. The molecule has 9 heteroatoms. The third-order valence-electron chi connectivity index (χ3n) is 9.18. The van der Waals surface area contributed by atoms with Crippen molar-refractivity contribution in [1.29, 1.82) is 0 Å². The van der Waals surface area contributed by atoms with Crippen LogP contribution in [-0.4, -0.2) is 75.6 Å². The van der Waals surface area contributed by atoms with E-state index in [-0.39, 0.29) is 17.9 Å². The molecule has 2 aliphatic heterocycles. The number of ether oxygens (including phenoxy) is 1. The first kappa shape index (κ1) is 26.5. The van der Waals surface area contributed by atoms with Crippen molar-refractivity contribution < 1.29 is 14.6 Å². The number of nitrogens with one attached hydrogen (secondary N) is 2. The highest BCUT2D eigenvalue weighted by Crippen LogP contribution is 2.39. The smallest absolute Gasteiger partial charge is 0.254 e. The summed E-state index contributed by atoms with van der Waals surface area (Å²) in [6.45, 7) is 5.81. The molecule has 0 radical (unpaired) electrons. The highest BCUT2D eigenvalue weighted by molar-refractivity contribution is 6.01. The van der Waals surface area contributed by atoms with Gasteiger partial charge in [-0.1, -0.05) is 12.1 Å². The second-order valence-electron chi connectivity index (χ2n) is 12.3. The fourth-order valence-corrected chi connectivity index (χ4v) is 6.50. The number of hydrogen-bond donors (Lipinski definition) is 3. The zero-order valence-corrected chi connectivity index (χ0v) is 24.2. The van der Waals surface area contributed by atoms with E-state index in [4.69, 9.17) is 9.72 Å². The van der Waals surface area contributed by atoms with Crippen molar-refractivity contribution in [3.8, 4) is 17.3 Å². The van der Waals surface area contributed by atoms with Crippen LogP contribution in [-0.2, 0) is 20.0 Å². The second-order valence-corrected chi connectivity index (χ2v) is 12.3. The van der Waals surface area contributed by atoms with Crippen LogP contribution < -0.4 is 15.4 Å². The van der Waals surface area contributed by atoms with E-state index in [0.717, 1.165) is 76.4 Å². The first-order chi connectivity index (χ1) is 19.9. The van der Waals surface area contributed by atoms with Crippen molar-refractivity contribution in [1.82, 2.24) is 29.7 Å². The fraction of sp³-hybridized carbons (Fsp3) is 0.500. The summed E-state index contributed by atoms with van der Waals surface area (Å²) in [7, 11) is 4.01. The highest BCUT2D eigenvalue weighted by Gasteiger charge is 2.30. The van der Waals surface area contributed by atoms with Crippen molar-refractivity contribution in [2.45, 2.75) is 51.4 Å². The van der Waals surface area contributed by atoms with Gasteiger partial charge in [-0.2, -0.15) is 0 Å². The van der Waals surface area contributed by atoms with Gasteiger partial charge in [0.15, 0.2) is 5.82 Å². The zero-order valence-electron chi connectivity index (χ0n) is 24.2. The van der Waals surface area contributed by atoms with E-state index in [1.807, 2.05) is 18.0 Å². The van der Waals surface area contributed by atoms with Crippen LogP contribution in [0.1, 0.15) is 42.1 Å². The number of rotatable bonds is 9. The van der Waals surface area contributed by atoms with Gasteiger partial charge in [0.1, 0.15) is 12.0 Å². The van der Waals surface area contributed by atoms with Crippen LogP contribution in [0, 0.1) is 11.8 Å². The van der Waals surface area contributed by atoms with Gasteiger partial charge in [-0.3, -0.25) is 10.1 Å². The largest absolute Gasteiger partial charge is 0.491 e. The van der Waals surface area contributed by atoms with E-state index >= 15 is 0 Å². The molecule has 3 N–H and O–H groups in total. The molecule has 4 aromatic rings. The molecule has 7 rings (SSSR count). The molecule has 0 bridgehead atoms. The first-order valence-electron chi connectivity index (χ1n) is 15.0. The van der Waals surface area contributed by atoms with Crippen LogP contribution >= 0.6 is 0 Å². The minimum Gasteiger partial charge on any atom is -0.491 e. The Morgan fingerprint density at radius 3 is 2.83 bits per heavy atom. The summed E-state index contributed by atoms with van der Waals surface area (Å²) in [5.74, 6) is 2.83. The third kappa shape index (κ3) is 4.90. The fourth-order valence-electron chi connectivity index (χ4n) is 6.50. The molecule has 2 aromatic heterocycles. The highest BCUT2D eigenvalue weighted by atomic mass is 16.5. The number of amides is 1. The van der Waals surface area contributed by atoms with Gasteiger partial charge in [-0.05, 0) is 75.4 Å². The molecule has 1 saturated heterocycles. The average Bonchev–Trinajstić information content (AvgIpc) is 3.45. The number of nitrogens with zero attached hydrogens (tertiary/aromatic N) is 4. The molecular formula is C32H40N6O3. The molecule has 3 atom stereocenters. The van der Waals surface area contributed by atoms with Crippen molar-refractivity contribution in [2.75, 3.05) is 33.3 Å². The Kier molecular flexibility index (Phi) is 6.76. The molecule has 4 heterocycles. The third-order valence-corrected chi connectivity index (χ3v) is 9.18. The number of carbonyl (C=O) groups excluding carboxylic acids is 1. The van der Waals surface area contributed by atoms with Gasteiger partial charge in [0.25, 0.3) is 5.91 Å². The lowest BCUT2D eigenvalue weighted by Crippen LogP contribution is -2.44. The maximum absolute atomic E-state index is 13.4. The molecule has 1 saturated carbocycles. The Morgan fingerprint density at radius 1 is 1.22 bits per heavy atom.